The first-order valence-corrected chi connectivity index (χ1v) is 12.9. The number of nitrogens with zero attached hydrogens (tertiary/aromatic N) is 2. The fraction of sp³-hybridized carbons (Fsp3) is 0.400. The van der Waals surface area contributed by atoms with E-state index in [-0.39, 0.29) is 23.3 Å². The number of benzene rings is 2. The minimum Gasteiger partial charge on any atom is -0.382 e. The Labute approximate surface area is 196 Å². The molecule has 1 amide bonds. The van der Waals surface area contributed by atoms with Gasteiger partial charge in [-0.15, -0.1) is 0 Å². The van der Waals surface area contributed by atoms with Gasteiger partial charge in [-0.1, -0.05) is 30.3 Å². The van der Waals surface area contributed by atoms with E-state index >= 15 is 0 Å². The lowest BCUT2D eigenvalue weighted by Gasteiger charge is -2.30. The van der Waals surface area contributed by atoms with Crippen LogP contribution in [0.25, 0.3) is 11.1 Å². The summed E-state index contributed by atoms with van der Waals surface area (Å²) in [5.41, 5.74) is 3.12. The highest BCUT2D eigenvalue weighted by Gasteiger charge is 2.27. The van der Waals surface area contributed by atoms with Crippen molar-refractivity contribution in [2.24, 2.45) is 5.92 Å². The highest BCUT2D eigenvalue weighted by Crippen LogP contribution is 2.27. The van der Waals surface area contributed by atoms with Crippen molar-refractivity contribution in [3.05, 3.63) is 60.8 Å². The van der Waals surface area contributed by atoms with E-state index in [9.17, 15) is 13.2 Å². The maximum atomic E-state index is 13.0. The van der Waals surface area contributed by atoms with E-state index in [1.807, 2.05) is 12.1 Å². The molecule has 0 spiro atoms. The topological polar surface area (TPSA) is 81.8 Å². The first kappa shape index (κ1) is 23.3. The largest absolute Gasteiger partial charge is 0.382 e. The number of nitrogens with one attached hydrogen (secondary N) is 2. The normalized spacial score (nSPS) is 19.9. The minimum atomic E-state index is -3.64. The number of hydrogen-bond acceptors (Lipinski definition) is 5. The summed E-state index contributed by atoms with van der Waals surface area (Å²) in [7, 11) is 0.102. The van der Waals surface area contributed by atoms with Crippen molar-refractivity contribution in [2.45, 2.75) is 30.2 Å². The summed E-state index contributed by atoms with van der Waals surface area (Å²) in [5.74, 6) is -0.388. The van der Waals surface area contributed by atoms with Crippen molar-refractivity contribution >= 4 is 21.6 Å². The molecule has 2 aliphatic rings. The summed E-state index contributed by atoms with van der Waals surface area (Å²) in [4.78, 5) is 14.4. The molecule has 0 aromatic heterocycles. The second-order valence-electron chi connectivity index (χ2n) is 8.79. The molecule has 176 valence electrons. The van der Waals surface area contributed by atoms with Gasteiger partial charge >= 0.3 is 0 Å². The average molecular weight is 469 g/mol. The molecule has 0 bridgehead atoms. The standard InChI is InChI=1S/C25H32N4O3S/c1-26-25(30)21-11-17-29(18-12-21)33(31,32)24-9-5-20(6-10-24)19-3-7-22(8-4-19)27-23-13-15-28(2)16-14-23/h3-11,17,21,23,27H,12-16,18H2,1-2H3,(H,26,30). The minimum absolute atomic E-state index is 0.0970. The molecule has 1 fully saturated rings. The number of carbonyl (C=O) groups is 1. The zero-order valence-electron chi connectivity index (χ0n) is 19.2. The number of carbonyl (C=O) groups excluding carboxylic acids is 1. The van der Waals surface area contributed by atoms with Crippen molar-refractivity contribution in [3.63, 3.8) is 0 Å². The Morgan fingerprint density at radius 1 is 0.909 bits per heavy atom. The monoisotopic (exact) mass is 468 g/mol. The molecule has 2 aliphatic heterocycles. The lowest BCUT2D eigenvalue weighted by molar-refractivity contribution is -0.123. The van der Waals surface area contributed by atoms with E-state index < -0.39 is 10.0 Å². The fourth-order valence-electron chi connectivity index (χ4n) is 4.34. The molecule has 2 aromatic carbocycles. The van der Waals surface area contributed by atoms with Crippen LogP contribution in [0.2, 0.25) is 0 Å². The average Bonchev–Trinajstić information content (AvgIpc) is 2.85. The number of rotatable bonds is 6. The number of likely N-dealkylation sites (tertiary alicyclic amines) is 1. The third-order valence-corrected chi connectivity index (χ3v) is 8.29. The molecule has 8 heteroatoms. The number of hydrogen-bond donors (Lipinski definition) is 2. The predicted octanol–water partition coefficient (Wildman–Crippen LogP) is 3.13. The number of sulfonamides is 1. The molecule has 1 atom stereocenters. The Bertz CT molecular complexity index is 1090. The number of piperidine rings is 1. The molecule has 1 saturated heterocycles. The highest BCUT2D eigenvalue weighted by atomic mass is 32.2. The van der Waals surface area contributed by atoms with Crippen LogP contribution in [-0.4, -0.2) is 63.3 Å². The Morgan fingerprint density at radius 2 is 1.52 bits per heavy atom. The van der Waals surface area contributed by atoms with Crippen LogP contribution in [0.15, 0.2) is 65.7 Å². The van der Waals surface area contributed by atoms with E-state index in [0.29, 0.717) is 12.5 Å². The van der Waals surface area contributed by atoms with Crippen LogP contribution >= 0.6 is 0 Å². The smallest absolute Gasteiger partial charge is 0.263 e. The Morgan fingerprint density at radius 3 is 2.06 bits per heavy atom. The number of anilines is 1. The van der Waals surface area contributed by atoms with Gasteiger partial charge in [-0.05, 0) is 74.8 Å². The van der Waals surface area contributed by atoms with E-state index in [1.165, 1.54) is 10.5 Å². The summed E-state index contributed by atoms with van der Waals surface area (Å²) < 4.78 is 27.3. The van der Waals surface area contributed by atoms with E-state index in [1.54, 1.807) is 25.3 Å². The Hall–Kier alpha value is -2.84. The van der Waals surface area contributed by atoms with E-state index in [2.05, 4.69) is 46.8 Å². The number of amides is 1. The van der Waals surface area contributed by atoms with Crippen LogP contribution in [-0.2, 0) is 14.8 Å². The molecular formula is C25H32N4O3S. The molecule has 7 nitrogen and oxygen atoms in total. The van der Waals surface area contributed by atoms with Crippen LogP contribution in [0.3, 0.4) is 0 Å². The van der Waals surface area contributed by atoms with Crippen LogP contribution in [0.5, 0.6) is 0 Å². The first-order valence-electron chi connectivity index (χ1n) is 11.4. The maximum absolute atomic E-state index is 13.0. The van der Waals surface area contributed by atoms with Crippen molar-refractivity contribution in [3.8, 4) is 11.1 Å². The van der Waals surface area contributed by atoms with Crippen LogP contribution in [0, 0.1) is 5.92 Å². The van der Waals surface area contributed by atoms with Gasteiger partial charge in [0.2, 0.25) is 5.91 Å². The van der Waals surface area contributed by atoms with Gasteiger partial charge in [0.15, 0.2) is 0 Å². The second-order valence-corrected chi connectivity index (χ2v) is 10.7. The quantitative estimate of drug-likeness (QED) is 0.681. The molecule has 0 radical (unpaired) electrons. The molecule has 2 aromatic rings. The van der Waals surface area contributed by atoms with Gasteiger partial charge < -0.3 is 15.5 Å². The van der Waals surface area contributed by atoms with Gasteiger partial charge in [0.1, 0.15) is 0 Å². The van der Waals surface area contributed by atoms with Gasteiger partial charge in [-0.25, -0.2) is 8.42 Å². The first-order chi connectivity index (χ1) is 15.9. The summed E-state index contributed by atoms with van der Waals surface area (Å²) in [6.45, 7) is 2.52. The molecule has 33 heavy (non-hydrogen) atoms. The molecule has 1 unspecified atom stereocenters. The van der Waals surface area contributed by atoms with Gasteiger partial charge in [-0.3, -0.25) is 9.10 Å². The third-order valence-electron chi connectivity index (χ3n) is 6.50. The van der Waals surface area contributed by atoms with Crippen molar-refractivity contribution in [2.75, 3.05) is 39.0 Å². The van der Waals surface area contributed by atoms with Crippen LogP contribution in [0.1, 0.15) is 19.3 Å². The predicted molar refractivity (Wildman–Crippen MR) is 131 cm³/mol. The van der Waals surface area contributed by atoms with Gasteiger partial charge in [0.05, 0.1) is 10.8 Å². The highest BCUT2D eigenvalue weighted by molar-refractivity contribution is 7.89. The molecule has 2 N–H and O–H groups in total. The van der Waals surface area contributed by atoms with Gasteiger partial charge in [-0.2, -0.15) is 0 Å². The van der Waals surface area contributed by atoms with Gasteiger partial charge in [0.25, 0.3) is 10.0 Å². The zero-order chi connectivity index (χ0) is 23.4. The van der Waals surface area contributed by atoms with Crippen LogP contribution < -0.4 is 10.6 Å². The molecule has 4 rings (SSSR count). The molecule has 2 heterocycles. The van der Waals surface area contributed by atoms with Gasteiger partial charge in [0, 0.05) is 31.5 Å². The van der Waals surface area contributed by atoms with Crippen LogP contribution in [0.4, 0.5) is 5.69 Å². The summed E-state index contributed by atoms with van der Waals surface area (Å²) >= 11 is 0. The fourth-order valence-corrected chi connectivity index (χ4v) is 5.67. The summed E-state index contributed by atoms with van der Waals surface area (Å²) in [6.07, 6.45) is 5.91. The van der Waals surface area contributed by atoms with E-state index in [4.69, 9.17) is 0 Å². The third kappa shape index (κ3) is 5.39. The lowest BCUT2D eigenvalue weighted by atomic mass is 10.0. The van der Waals surface area contributed by atoms with Crippen molar-refractivity contribution in [1.82, 2.24) is 14.5 Å². The van der Waals surface area contributed by atoms with Crippen molar-refractivity contribution in [1.29, 1.82) is 0 Å². The zero-order valence-corrected chi connectivity index (χ0v) is 20.0. The molecule has 0 saturated carbocycles. The SMILES string of the molecule is CNC(=O)C1C=CN(S(=O)(=O)c2ccc(-c3ccc(NC4CCN(C)CC4)cc3)cc2)CC1. The molecular weight excluding hydrogens is 436 g/mol. The summed E-state index contributed by atoms with van der Waals surface area (Å²) in [5, 5.41) is 6.22. The van der Waals surface area contributed by atoms with Crippen molar-refractivity contribution < 1.29 is 13.2 Å². The summed E-state index contributed by atoms with van der Waals surface area (Å²) in [6, 6.07) is 15.8. The Balaban J connectivity index is 1.41. The lowest BCUT2D eigenvalue weighted by Crippen LogP contribution is -2.36. The Kier molecular flexibility index (Phi) is 7.05. The molecule has 0 aliphatic carbocycles. The maximum Gasteiger partial charge on any atom is 0.263 e. The van der Waals surface area contributed by atoms with E-state index in [0.717, 1.165) is 42.7 Å². The second kappa shape index (κ2) is 9.97.